The lowest BCUT2D eigenvalue weighted by molar-refractivity contribution is -0.144. The number of amides is 2. The maximum atomic E-state index is 14.8. The Morgan fingerprint density at radius 3 is 2.00 bits per heavy atom. The summed E-state index contributed by atoms with van der Waals surface area (Å²) in [5.41, 5.74) is 2.19. The fourth-order valence-corrected chi connectivity index (χ4v) is 8.52. The van der Waals surface area contributed by atoms with Gasteiger partial charge in [0, 0.05) is 66.6 Å². The van der Waals surface area contributed by atoms with E-state index in [-0.39, 0.29) is 36.7 Å². The highest BCUT2D eigenvalue weighted by Crippen LogP contribution is 2.56. The summed E-state index contributed by atoms with van der Waals surface area (Å²) in [6.07, 6.45) is 5.77. The fourth-order valence-electron chi connectivity index (χ4n) is 7.42. The number of carbonyl (C=O) groups excluding carboxylic acids is 3. The zero-order valence-corrected chi connectivity index (χ0v) is 27.5. The van der Waals surface area contributed by atoms with Crippen molar-refractivity contribution >= 4 is 93.4 Å². The van der Waals surface area contributed by atoms with Crippen LogP contribution < -0.4 is 5.32 Å². The molecular weight excluding hydrogens is 676 g/mol. The molecule has 3 fully saturated rings. The van der Waals surface area contributed by atoms with E-state index in [9.17, 15) is 14.4 Å². The van der Waals surface area contributed by atoms with Crippen LogP contribution in [0.2, 0.25) is 25.1 Å². The van der Waals surface area contributed by atoms with Crippen LogP contribution in [0.3, 0.4) is 0 Å². The molecule has 3 aromatic rings. The number of piperidine rings is 1. The number of halogens is 5. The third-order valence-corrected chi connectivity index (χ3v) is 10.7. The summed E-state index contributed by atoms with van der Waals surface area (Å²) >= 11 is 31.5. The molecule has 3 aromatic carbocycles. The lowest BCUT2D eigenvalue weighted by Gasteiger charge is -2.39. The molecule has 3 atom stereocenters. The number of nitrogens with one attached hydrogen (secondary N) is 1. The predicted octanol–water partition coefficient (Wildman–Crippen LogP) is 8.16. The first-order valence-corrected chi connectivity index (χ1v) is 16.5. The predicted molar refractivity (Wildman–Crippen MR) is 180 cm³/mol. The average molecular weight is 702 g/mol. The van der Waals surface area contributed by atoms with Crippen molar-refractivity contribution in [2.45, 2.75) is 30.8 Å². The van der Waals surface area contributed by atoms with Crippen LogP contribution in [0.1, 0.15) is 36.0 Å². The molecule has 3 saturated heterocycles. The van der Waals surface area contributed by atoms with Crippen LogP contribution in [0.15, 0.2) is 65.7 Å². The summed E-state index contributed by atoms with van der Waals surface area (Å²) < 4.78 is 0. The number of hydrogen-bond acceptors (Lipinski definition) is 4. The Hall–Kier alpha value is -2.84. The highest BCUT2D eigenvalue weighted by Gasteiger charge is 2.66. The molecule has 11 heteroatoms. The number of benzene rings is 3. The van der Waals surface area contributed by atoms with E-state index in [2.05, 4.69) is 10.2 Å². The van der Waals surface area contributed by atoms with E-state index in [1.807, 2.05) is 6.07 Å². The maximum Gasteiger partial charge on any atom is 0.250 e. The zero-order valence-electron chi connectivity index (χ0n) is 23.8. The van der Waals surface area contributed by atoms with Gasteiger partial charge >= 0.3 is 0 Å². The smallest absolute Gasteiger partial charge is 0.250 e. The lowest BCUT2D eigenvalue weighted by atomic mass is 9.77. The van der Waals surface area contributed by atoms with Crippen molar-refractivity contribution in [3.63, 3.8) is 0 Å². The summed E-state index contributed by atoms with van der Waals surface area (Å²) in [5.74, 6) is -1.31. The molecule has 0 unspecified atom stereocenters. The number of Topliss-reactive ketones (excluding diaryl/α,β-unsaturated/α-hetero) is 1. The van der Waals surface area contributed by atoms with Crippen molar-refractivity contribution in [2.24, 2.45) is 5.92 Å². The largest absolute Gasteiger partial charge is 0.333 e. The average Bonchev–Trinajstić information content (AvgIpc) is 3.66. The van der Waals surface area contributed by atoms with Gasteiger partial charge in [-0.05, 0) is 85.5 Å². The third-order valence-electron chi connectivity index (χ3n) is 9.33. The molecule has 2 amide bonds. The Morgan fingerprint density at radius 2 is 1.40 bits per heavy atom. The molecule has 6 nitrogen and oxygen atoms in total. The SMILES string of the molecule is O=C1/C(=C\c2ccc(Cl)cc2Cl)CN(C(=O)[C@@H]2C[C@H]3CCCN3[C@]23C(=O)Nc2cc(Cl)ccc23)C/C1=C\c1ccc(Cl)cc1Cl. The number of rotatable bonds is 3. The molecular formula is C34H26Cl5N3O3. The van der Waals surface area contributed by atoms with E-state index in [0.717, 1.165) is 18.4 Å². The summed E-state index contributed by atoms with van der Waals surface area (Å²) in [5, 5.41) is 5.22. The second-order valence-corrected chi connectivity index (χ2v) is 14.0. The molecule has 0 aliphatic carbocycles. The molecule has 7 rings (SSSR count). The number of hydrogen-bond donors (Lipinski definition) is 1. The molecule has 0 aromatic heterocycles. The van der Waals surface area contributed by atoms with Crippen LogP contribution in [-0.4, -0.2) is 53.1 Å². The van der Waals surface area contributed by atoms with Crippen molar-refractivity contribution in [1.82, 2.24) is 9.80 Å². The zero-order chi connectivity index (χ0) is 31.6. The van der Waals surface area contributed by atoms with Crippen molar-refractivity contribution in [1.29, 1.82) is 0 Å². The number of nitrogens with zero attached hydrogens (tertiary/aromatic N) is 2. The Bertz CT molecular complexity index is 1780. The summed E-state index contributed by atoms with van der Waals surface area (Å²) in [4.78, 5) is 46.6. The summed E-state index contributed by atoms with van der Waals surface area (Å²) in [6, 6.07) is 15.5. The molecule has 45 heavy (non-hydrogen) atoms. The minimum absolute atomic E-state index is 0.0503. The normalized spacial score (nSPS) is 26.2. The number of likely N-dealkylation sites (tertiary alicyclic amines) is 1. The van der Waals surface area contributed by atoms with Crippen molar-refractivity contribution in [3.05, 3.63) is 108 Å². The third kappa shape index (κ3) is 5.20. The van der Waals surface area contributed by atoms with Crippen molar-refractivity contribution < 1.29 is 14.4 Å². The van der Waals surface area contributed by atoms with E-state index in [4.69, 9.17) is 58.0 Å². The molecule has 1 spiro atoms. The van der Waals surface area contributed by atoms with Gasteiger partial charge in [0.15, 0.2) is 5.78 Å². The first-order chi connectivity index (χ1) is 21.6. The molecule has 0 bridgehead atoms. The number of fused-ring (bicyclic) bond motifs is 4. The maximum absolute atomic E-state index is 14.8. The second-order valence-electron chi connectivity index (χ2n) is 11.9. The minimum atomic E-state index is -1.16. The van der Waals surface area contributed by atoms with E-state index in [1.54, 1.807) is 65.6 Å². The fraction of sp³-hybridized carbons (Fsp3) is 0.265. The standard InChI is InChI=1S/C34H26Cl5N3O3/c35-22-5-3-18(28(38)12-22)10-20-16-41(17-21(31(20)43)11-19-4-6-23(36)13-29(19)39)32(44)27-15-25-2-1-9-42(25)34(27)26-8-7-24(37)14-30(26)40-33(34)45/h3-8,10-14,25,27H,1-2,9,15-17H2,(H,40,45)/b20-10-,21-11+/t25-,27+,34+/m1/s1. The topological polar surface area (TPSA) is 69.7 Å². The van der Waals surface area contributed by atoms with Crippen LogP contribution in [0.5, 0.6) is 0 Å². The monoisotopic (exact) mass is 699 g/mol. The van der Waals surface area contributed by atoms with Crippen molar-refractivity contribution in [2.75, 3.05) is 25.0 Å². The lowest BCUT2D eigenvalue weighted by Crippen LogP contribution is -2.56. The van der Waals surface area contributed by atoms with Crippen LogP contribution >= 0.6 is 58.0 Å². The second kappa shape index (κ2) is 11.8. The van der Waals surface area contributed by atoms with Gasteiger partial charge in [0.1, 0.15) is 5.54 Å². The van der Waals surface area contributed by atoms with Gasteiger partial charge in [-0.25, -0.2) is 0 Å². The number of anilines is 1. The highest BCUT2D eigenvalue weighted by atomic mass is 35.5. The van der Waals surface area contributed by atoms with Crippen LogP contribution in [0.4, 0.5) is 5.69 Å². The molecule has 1 N–H and O–H groups in total. The Balaban J connectivity index is 1.32. The van der Waals surface area contributed by atoms with E-state index < -0.39 is 11.5 Å². The molecule has 230 valence electrons. The van der Waals surface area contributed by atoms with Gasteiger partial charge in [0.2, 0.25) is 11.8 Å². The highest BCUT2D eigenvalue weighted by molar-refractivity contribution is 6.36. The van der Waals surface area contributed by atoms with Crippen molar-refractivity contribution in [3.8, 4) is 0 Å². The van der Waals surface area contributed by atoms with Gasteiger partial charge in [-0.3, -0.25) is 19.3 Å². The van der Waals surface area contributed by atoms with Gasteiger partial charge in [-0.2, -0.15) is 0 Å². The van der Waals surface area contributed by atoms with Gasteiger partial charge in [-0.15, -0.1) is 0 Å². The van der Waals surface area contributed by atoms with Gasteiger partial charge < -0.3 is 10.2 Å². The molecule has 0 radical (unpaired) electrons. The quantitative estimate of drug-likeness (QED) is 0.280. The first kappa shape index (κ1) is 30.8. The van der Waals surface area contributed by atoms with E-state index in [1.165, 1.54) is 0 Å². The Kier molecular flexibility index (Phi) is 8.04. The minimum Gasteiger partial charge on any atom is -0.333 e. The van der Waals surface area contributed by atoms with Gasteiger partial charge in [0.25, 0.3) is 0 Å². The summed E-state index contributed by atoms with van der Waals surface area (Å²) in [7, 11) is 0. The molecule has 0 saturated carbocycles. The Morgan fingerprint density at radius 1 is 0.822 bits per heavy atom. The molecule has 4 aliphatic rings. The molecule has 4 heterocycles. The summed E-state index contributed by atoms with van der Waals surface area (Å²) in [6.45, 7) is 0.812. The number of carbonyl (C=O) groups is 3. The van der Waals surface area contributed by atoms with Crippen LogP contribution in [0.25, 0.3) is 12.2 Å². The van der Waals surface area contributed by atoms with E-state index in [0.29, 0.717) is 66.0 Å². The Labute approximate surface area is 285 Å². The number of ketones is 1. The van der Waals surface area contributed by atoms with Gasteiger partial charge in [0.05, 0.1) is 5.92 Å². The molecule has 4 aliphatic heterocycles. The first-order valence-electron chi connectivity index (χ1n) is 14.6. The van der Waals surface area contributed by atoms with E-state index >= 15 is 0 Å². The van der Waals surface area contributed by atoms with Gasteiger partial charge in [-0.1, -0.05) is 76.2 Å². The van der Waals surface area contributed by atoms with Crippen LogP contribution in [-0.2, 0) is 19.9 Å². The van der Waals surface area contributed by atoms with Crippen LogP contribution in [0, 0.1) is 5.92 Å².